The van der Waals surface area contributed by atoms with Gasteiger partial charge in [-0.2, -0.15) is 0 Å². The number of rotatable bonds is 8. The number of nitrogens with zero attached hydrogens (tertiary/aromatic N) is 1. The minimum Gasteiger partial charge on any atom is -0.494 e. The summed E-state index contributed by atoms with van der Waals surface area (Å²) >= 11 is 0. The van der Waals surface area contributed by atoms with Gasteiger partial charge in [-0.15, -0.1) is 0 Å². The van der Waals surface area contributed by atoms with Crippen molar-refractivity contribution in [3.05, 3.63) is 65.5 Å². The molecule has 0 aromatic heterocycles. The van der Waals surface area contributed by atoms with Gasteiger partial charge < -0.3 is 9.64 Å². The predicted octanol–water partition coefficient (Wildman–Crippen LogP) is 3.83. The molecule has 0 spiro atoms. The number of carbonyl (C=O) groups is 1. The van der Waals surface area contributed by atoms with Crippen LogP contribution >= 0.6 is 0 Å². The molecule has 1 saturated heterocycles. The topological polar surface area (TPSA) is 63.7 Å². The van der Waals surface area contributed by atoms with Crippen LogP contribution in [0.2, 0.25) is 0 Å². The van der Waals surface area contributed by atoms with Crippen LogP contribution in [0, 0.1) is 5.82 Å². The third-order valence-corrected chi connectivity index (χ3v) is 6.79. The maximum absolute atomic E-state index is 13.2. The van der Waals surface area contributed by atoms with Gasteiger partial charge in [-0.25, -0.2) is 12.8 Å². The molecule has 5 nitrogen and oxygen atoms in total. The molecule has 1 amide bonds. The first-order chi connectivity index (χ1) is 13.9. The van der Waals surface area contributed by atoms with E-state index in [9.17, 15) is 17.6 Å². The lowest BCUT2D eigenvalue weighted by Gasteiger charge is -2.28. The number of carbonyl (C=O) groups excluding carboxylic acids is 1. The first-order valence-corrected chi connectivity index (χ1v) is 11.7. The van der Waals surface area contributed by atoms with E-state index < -0.39 is 15.9 Å². The third-order valence-electron chi connectivity index (χ3n) is 5.04. The highest BCUT2D eigenvalue weighted by atomic mass is 32.2. The molecular formula is C22H26FNO4S. The second-order valence-electron chi connectivity index (χ2n) is 7.34. The fourth-order valence-electron chi connectivity index (χ4n) is 3.37. The SMILES string of the molecule is CCCCOc1ccc(C(=O)N(Cc2ccc(F)cc2)C2CCS(=O)(=O)C2)cc1. The molecule has 0 radical (unpaired) electrons. The van der Waals surface area contributed by atoms with Gasteiger partial charge in [0.2, 0.25) is 0 Å². The number of amides is 1. The quantitative estimate of drug-likeness (QED) is 0.610. The third kappa shape index (κ3) is 5.79. The Labute approximate surface area is 171 Å². The molecule has 1 heterocycles. The standard InChI is InChI=1S/C22H26FNO4S/c1-2-3-13-28-21-10-6-18(7-11-21)22(25)24(20-12-14-29(26,27)16-20)15-17-4-8-19(23)9-5-17/h4-11,20H,2-3,12-16H2,1H3. The summed E-state index contributed by atoms with van der Waals surface area (Å²) in [6.07, 6.45) is 2.41. The van der Waals surface area contributed by atoms with Crippen LogP contribution in [-0.4, -0.2) is 43.4 Å². The summed E-state index contributed by atoms with van der Waals surface area (Å²) in [6, 6.07) is 12.4. The number of halogens is 1. The van der Waals surface area contributed by atoms with Gasteiger partial charge >= 0.3 is 0 Å². The Kier molecular flexibility index (Phi) is 6.90. The monoisotopic (exact) mass is 419 g/mol. The van der Waals surface area contributed by atoms with Crippen molar-refractivity contribution in [2.24, 2.45) is 0 Å². The maximum atomic E-state index is 13.2. The Morgan fingerprint density at radius 1 is 1.14 bits per heavy atom. The molecular weight excluding hydrogens is 393 g/mol. The number of benzene rings is 2. The lowest BCUT2D eigenvalue weighted by Crippen LogP contribution is -2.40. The summed E-state index contributed by atoms with van der Waals surface area (Å²) in [5.74, 6) is 0.140. The zero-order chi connectivity index (χ0) is 20.9. The summed E-state index contributed by atoms with van der Waals surface area (Å²) in [5.41, 5.74) is 1.22. The molecule has 1 atom stereocenters. The summed E-state index contributed by atoms with van der Waals surface area (Å²) < 4.78 is 42.8. The minimum absolute atomic E-state index is 0.0435. The lowest BCUT2D eigenvalue weighted by atomic mass is 10.1. The Hall–Kier alpha value is -2.41. The summed E-state index contributed by atoms with van der Waals surface area (Å²) in [7, 11) is -3.15. The molecule has 3 rings (SSSR count). The normalized spacial score (nSPS) is 17.8. The highest BCUT2D eigenvalue weighted by molar-refractivity contribution is 7.91. The number of hydrogen-bond donors (Lipinski definition) is 0. The molecule has 7 heteroatoms. The zero-order valence-corrected chi connectivity index (χ0v) is 17.3. The summed E-state index contributed by atoms with van der Waals surface area (Å²) in [4.78, 5) is 14.8. The number of sulfone groups is 1. The van der Waals surface area contributed by atoms with Crippen molar-refractivity contribution in [2.45, 2.75) is 38.8 Å². The van der Waals surface area contributed by atoms with E-state index in [2.05, 4.69) is 6.92 Å². The van der Waals surface area contributed by atoms with Crippen molar-refractivity contribution in [3.8, 4) is 5.75 Å². The van der Waals surface area contributed by atoms with Crippen LogP contribution in [0.15, 0.2) is 48.5 Å². The van der Waals surface area contributed by atoms with Crippen LogP contribution in [0.1, 0.15) is 42.1 Å². The Balaban J connectivity index is 1.79. The van der Waals surface area contributed by atoms with E-state index in [0.29, 0.717) is 24.3 Å². The molecule has 1 aliphatic rings. The molecule has 1 unspecified atom stereocenters. The fraction of sp³-hybridized carbons (Fsp3) is 0.409. The van der Waals surface area contributed by atoms with Crippen LogP contribution in [0.4, 0.5) is 4.39 Å². The summed E-state index contributed by atoms with van der Waals surface area (Å²) in [5, 5.41) is 0. The van der Waals surface area contributed by atoms with Gasteiger partial charge in [-0.1, -0.05) is 25.5 Å². The van der Waals surface area contributed by atoms with Gasteiger partial charge in [-0.05, 0) is 54.8 Å². The molecule has 0 N–H and O–H groups in total. The Morgan fingerprint density at radius 2 is 1.83 bits per heavy atom. The van der Waals surface area contributed by atoms with E-state index in [1.54, 1.807) is 41.3 Å². The van der Waals surface area contributed by atoms with E-state index >= 15 is 0 Å². The molecule has 0 aliphatic carbocycles. The zero-order valence-electron chi connectivity index (χ0n) is 16.5. The van der Waals surface area contributed by atoms with Gasteiger partial charge in [0.1, 0.15) is 11.6 Å². The van der Waals surface area contributed by atoms with Gasteiger partial charge in [0.05, 0.1) is 18.1 Å². The van der Waals surface area contributed by atoms with Crippen molar-refractivity contribution in [1.82, 2.24) is 4.90 Å². The minimum atomic E-state index is -3.15. The van der Waals surface area contributed by atoms with E-state index in [1.807, 2.05) is 0 Å². The van der Waals surface area contributed by atoms with Crippen LogP contribution in [0.3, 0.4) is 0 Å². The lowest BCUT2D eigenvalue weighted by molar-refractivity contribution is 0.0681. The Bertz CT molecular complexity index is 926. The molecule has 2 aromatic rings. The van der Waals surface area contributed by atoms with Crippen LogP contribution in [0.25, 0.3) is 0 Å². The van der Waals surface area contributed by atoms with Crippen LogP contribution in [0.5, 0.6) is 5.75 Å². The van der Waals surface area contributed by atoms with E-state index in [1.165, 1.54) is 12.1 Å². The van der Waals surface area contributed by atoms with Crippen molar-refractivity contribution in [2.75, 3.05) is 18.1 Å². The molecule has 2 aromatic carbocycles. The number of hydrogen-bond acceptors (Lipinski definition) is 4. The second-order valence-corrected chi connectivity index (χ2v) is 9.57. The molecule has 156 valence electrons. The predicted molar refractivity (Wildman–Crippen MR) is 110 cm³/mol. The van der Waals surface area contributed by atoms with Gasteiger partial charge in [0.25, 0.3) is 5.91 Å². The van der Waals surface area contributed by atoms with E-state index in [0.717, 1.165) is 18.4 Å². The highest BCUT2D eigenvalue weighted by Crippen LogP contribution is 2.23. The molecule has 0 saturated carbocycles. The van der Waals surface area contributed by atoms with Crippen LogP contribution in [-0.2, 0) is 16.4 Å². The largest absolute Gasteiger partial charge is 0.494 e. The fourth-order valence-corrected chi connectivity index (χ4v) is 5.10. The average Bonchev–Trinajstić information content (AvgIpc) is 3.07. The van der Waals surface area contributed by atoms with Gasteiger partial charge in [0.15, 0.2) is 9.84 Å². The van der Waals surface area contributed by atoms with Crippen molar-refractivity contribution < 1.29 is 22.3 Å². The van der Waals surface area contributed by atoms with Gasteiger partial charge in [0, 0.05) is 18.2 Å². The molecule has 1 aliphatic heterocycles. The molecule has 29 heavy (non-hydrogen) atoms. The summed E-state index contributed by atoms with van der Waals surface area (Å²) in [6.45, 7) is 2.94. The van der Waals surface area contributed by atoms with Crippen molar-refractivity contribution >= 4 is 15.7 Å². The van der Waals surface area contributed by atoms with Crippen molar-refractivity contribution in [1.29, 1.82) is 0 Å². The van der Waals surface area contributed by atoms with E-state index in [-0.39, 0.29) is 29.8 Å². The smallest absolute Gasteiger partial charge is 0.254 e. The van der Waals surface area contributed by atoms with Crippen LogP contribution < -0.4 is 4.74 Å². The second kappa shape index (κ2) is 9.39. The number of ether oxygens (including phenoxy) is 1. The first kappa shape index (κ1) is 21.3. The number of unbranched alkanes of at least 4 members (excludes halogenated alkanes) is 1. The average molecular weight is 420 g/mol. The van der Waals surface area contributed by atoms with Gasteiger partial charge in [-0.3, -0.25) is 4.79 Å². The molecule has 0 bridgehead atoms. The highest BCUT2D eigenvalue weighted by Gasteiger charge is 2.35. The molecule has 1 fully saturated rings. The van der Waals surface area contributed by atoms with Crippen molar-refractivity contribution in [3.63, 3.8) is 0 Å². The first-order valence-electron chi connectivity index (χ1n) is 9.86. The Morgan fingerprint density at radius 3 is 2.41 bits per heavy atom. The van der Waals surface area contributed by atoms with E-state index in [4.69, 9.17) is 4.74 Å². The maximum Gasteiger partial charge on any atom is 0.254 e.